The van der Waals surface area contributed by atoms with Crippen molar-refractivity contribution in [2.24, 2.45) is 0 Å². The van der Waals surface area contributed by atoms with E-state index in [1.165, 1.54) is 30.8 Å². The van der Waals surface area contributed by atoms with Gasteiger partial charge in [-0.15, -0.1) is 0 Å². The van der Waals surface area contributed by atoms with Gasteiger partial charge in [-0.05, 0) is 67.1 Å². The fourth-order valence-corrected chi connectivity index (χ4v) is 4.38. The molecule has 1 amide bonds. The molecule has 1 aliphatic rings. The second-order valence-corrected chi connectivity index (χ2v) is 8.11. The van der Waals surface area contributed by atoms with Crippen LogP contribution in [0.3, 0.4) is 0 Å². The van der Waals surface area contributed by atoms with Crippen LogP contribution >= 0.6 is 11.6 Å². The highest BCUT2D eigenvalue weighted by molar-refractivity contribution is 7.92. The molecule has 0 saturated heterocycles. The summed E-state index contributed by atoms with van der Waals surface area (Å²) in [5, 5.41) is 2.66. The van der Waals surface area contributed by atoms with E-state index < -0.39 is 10.0 Å². The first-order valence-corrected chi connectivity index (χ1v) is 9.93. The van der Waals surface area contributed by atoms with Crippen molar-refractivity contribution in [2.75, 3.05) is 11.8 Å². The summed E-state index contributed by atoms with van der Waals surface area (Å²) >= 11 is 6.13. The molecule has 0 spiro atoms. The van der Waals surface area contributed by atoms with Crippen molar-refractivity contribution < 1.29 is 13.2 Å². The number of amides is 1. The van der Waals surface area contributed by atoms with Crippen LogP contribution in [0.1, 0.15) is 34.3 Å². The van der Waals surface area contributed by atoms with Gasteiger partial charge >= 0.3 is 0 Å². The molecule has 2 aromatic carbocycles. The largest absolute Gasteiger partial charge is 0.355 e. The zero-order valence-corrected chi connectivity index (χ0v) is 15.4. The lowest BCUT2D eigenvalue weighted by Gasteiger charge is -2.17. The van der Waals surface area contributed by atoms with E-state index in [2.05, 4.69) is 10.0 Å². The molecule has 132 valence electrons. The second-order valence-electron chi connectivity index (χ2n) is 6.02. The van der Waals surface area contributed by atoms with Gasteiger partial charge in [-0.3, -0.25) is 9.52 Å². The van der Waals surface area contributed by atoms with Gasteiger partial charge in [0.05, 0.1) is 15.6 Å². The molecule has 2 aromatic rings. The van der Waals surface area contributed by atoms with E-state index in [1.807, 2.05) is 6.07 Å². The molecule has 0 aromatic heterocycles. The lowest BCUT2D eigenvalue weighted by molar-refractivity contribution is 0.0963. The molecule has 5 nitrogen and oxygen atoms in total. The number of hydrogen-bond acceptors (Lipinski definition) is 3. The number of nitrogens with one attached hydrogen (secondary N) is 2. The standard InChI is InChI=1S/C18H19ClN2O3S/c1-20-18(22)14-7-9-17(16(19)11-14)21-25(23,24)15-8-6-12-4-2-3-5-13(12)10-15/h6-11,21H,2-5H2,1H3,(H,20,22). The normalized spacial score (nSPS) is 13.8. The molecule has 3 rings (SSSR count). The van der Waals surface area contributed by atoms with Crippen molar-refractivity contribution >= 4 is 33.2 Å². The summed E-state index contributed by atoms with van der Waals surface area (Å²) in [5.41, 5.74) is 2.92. The first-order chi connectivity index (χ1) is 11.9. The molecular weight excluding hydrogens is 360 g/mol. The van der Waals surface area contributed by atoms with Crippen molar-refractivity contribution in [1.29, 1.82) is 0 Å². The minimum Gasteiger partial charge on any atom is -0.355 e. The Bertz CT molecular complexity index is 926. The Morgan fingerprint density at radius 2 is 1.76 bits per heavy atom. The number of aryl methyl sites for hydroxylation is 2. The van der Waals surface area contributed by atoms with Crippen molar-refractivity contribution in [2.45, 2.75) is 30.6 Å². The molecule has 0 heterocycles. The van der Waals surface area contributed by atoms with Gasteiger partial charge in [0.1, 0.15) is 0 Å². The molecule has 0 aliphatic heterocycles. The Balaban J connectivity index is 1.88. The number of hydrogen-bond donors (Lipinski definition) is 2. The SMILES string of the molecule is CNC(=O)c1ccc(NS(=O)(=O)c2ccc3c(c2)CCCC3)c(Cl)c1. The maximum atomic E-state index is 12.7. The number of rotatable bonds is 4. The van der Waals surface area contributed by atoms with Crippen LogP contribution in [0.5, 0.6) is 0 Å². The summed E-state index contributed by atoms with van der Waals surface area (Å²) in [5.74, 6) is -0.286. The minimum atomic E-state index is -3.74. The average molecular weight is 379 g/mol. The van der Waals surface area contributed by atoms with E-state index in [1.54, 1.807) is 12.1 Å². The van der Waals surface area contributed by atoms with Gasteiger partial charge in [0.25, 0.3) is 15.9 Å². The molecule has 0 atom stereocenters. The van der Waals surface area contributed by atoms with Gasteiger partial charge in [0.15, 0.2) is 0 Å². The second kappa shape index (κ2) is 7.06. The van der Waals surface area contributed by atoms with Crippen LogP contribution in [0.2, 0.25) is 5.02 Å². The van der Waals surface area contributed by atoms with E-state index >= 15 is 0 Å². The van der Waals surface area contributed by atoms with Crippen LogP contribution in [0.15, 0.2) is 41.3 Å². The van der Waals surface area contributed by atoms with Crippen molar-refractivity contribution in [3.05, 3.63) is 58.1 Å². The molecule has 0 unspecified atom stereocenters. The summed E-state index contributed by atoms with van der Waals surface area (Å²) in [6.45, 7) is 0. The van der Waals surface area contributed by atoms with Gasteiger partial charge in [-0.25, -0.2) is 8.42 Å². The quantitative estimate of drug-likeness (QED) is 0.856. The molecule has 0 bridgehead atoms. The Labute approximate surface area is 152 Å². The fraction of sp³-hybridized carbons (Fsp3) is 0.278. The predicted molar refractivity (Wildman–Crippen MR) is 98.7 cm³/mol. The van der Waals surface area contributed by atoms with E-state index in [0.717, 1.165) is 31.2 Å². The zero-order valence-electron chi connectivity index (χ0n) is 13.8. The van der Waals surface area contributed by atoms with Crippen molar-refractivity contribution in [3.63, 3.8) is 0 Å². The summed E-state index contributed by atoms with van der Waals surface area (Å²) in [7, 11) is -2.23. The Kier molecular flexibility index (Phi) is 5.01. The van der Waals surface area contributed by atoms with Crippen LogP contribution in [0.25, 0.3) is 0 Å². The van der Waals surface area contributed by atoms with E-state index in [-0.39, 0.29) is 21.5 Å². The third-order valence-corrected chi connectivity index (χ3v) is 6.01. The van der Waals surface area contributed by atoms with Crippen LogP contribution in [0, 0.1) is 0 Å². The highest BCUT2D eigenvalue weighted by Gasteiger charge is 2.19. The number of carbonyl (C=O) groups excluding carboxylic acids is 1. The molecular formula is C18H19ClN2O3S. The van der Waals surface area contributed by atoms with Crippen LogP contribution in [0.4, 0.5) is 5.69 Å². The van der Waals surface area contributed by atoms with Gasteiger partial charge in [-0.2, -0.15) is 0 Å². The third-order valence-electron chi connectivity index (χ3n) is 4.33. The number of benzene rings is 2. The number of sulfonamides is 1. The van der Waals surface area contributed by atoms with Gasteiger partial charge in [0.2, 0.25) is 0 Å². The monoisotopic (exact) mass is 378 g/mol. The lowest BCUT2D eigenvalue weighted by Crippen LogP contribution is -2.18. The number of anilines is 1. The fourth-order valence-electron chi connectivity index (χ4n) is 2.96. The number of fused-ring (bicyclic) bond motifs is 1. The smallest absolute Gasteiger partial charge is 0.261 e. The highest BCUT2D eigenvalue weighted by atomic mass is 35.5. The maximum absolute atomic E-state index is 12.7. The van der Waals surface area contributed by atoms with Gasteiger partial charge in [0, 0.05) is 12.6 Å². The molecule has 0 radical (unpaired) electrons. The summed E-state index contributed by atoms with van der Waals surface area (Å²) in [6.07, 6.45) is 4.12. The Morgan fingerprint density at radius 3 is 2.44 bits per heavy atom. The van der Waals surface area contributed by atoms with Crippen LogP contribution < -0.4 is 10.0 Å². The lowest BCUT2D eigenvalue weighted by atomic mass is 9.92. The van der Waals surface area contributed by atoms with Gasteiger partial charge in [-0.1, -0.05) is 17.7 Å². The van der Waals surface area contributed by atoms with Gasteiger partial charge < -0.3 is 5.32 Å². The van der Waals surface area contributed by atoms with E-state index in [4.69, 9.17) is 11.6 Å². The first-order valence-electron chi connectivity index (χ1n) is 8.07. The number of carbonyl (C=O) groups is 1. The summed E-state index contributed by atoms with van der Waals surface area (Å²) < 4.78 is 27.8. The van der Waals surface area contributed by atoms with E-state index in [0.29, 0.717) is 5.56 Å². The molecule has 2 N–H and O–H groups in total. The molecule has 1 aliphatic carbocycles. The topological polar surface area (TPSA) is 75.3 Å². The van der Waals surface area contributed by atoms with Crippen LogP contribution in [-0.4, -0.2) is 21.4 Å². The minimum absolute atomic E-state index is 0.169. The van der Waals surface area contributed by atoms with Crippen molar-refractivity contribution in [3.8, 4) is 0 Å². The molecule has 25 heavy (non-hydrogen) atoms. The maximum Gasteiger partial charge on any atom is 0.261 e. The van der Waals surface area contributed by atoms with Crippen molar-refractivity contribution in [1.82, 2.24) is 5.32 Å². The zero-order chi connectivity index (χ0) is 18.0. The highest BCUT2D eigenvalue weighted by Crippen LogP contribution is 2.28. The first kappa shape index (κ1) is 17.8. The predicted octanol–water partition coefficient (Wildman–Crippen LogP) is 3.38. The Morgan fingerprint density at radius 1 is 1.04 bits per heavy atom. The molecule has 0 saturated carbocycles. The average Bonchev–Trinajstić information content (AvgIpc) is 2.62. The molecule has 0 fully saturated rings. The molecule has 7 heteroatoms. The van der Waals surface area contributed by atoms with Crippen LogP contribution in [-0.2, 0) is 22.9 Å². The number of halogens is 1. The Hall–Kier alpha value is -2.05. The summed E-state index contributed by atoms with van der Waals surface area (Å²) in [4.78, 5) is 11.8. The summed E-state index contributed by atoms with van der Waals surface area (Å²) in [6, 6.07) is 9.70. The van der Waals surface area contributed by atoms with E-state index in [9.17, 15) is 13.2 Å². The third kappa shape index (κ3) is 3.80.